The Hall–Kier alpha value is -0.570. The lowest BCUT2D eigenvalue weighted by atomic mass is 10.2. The van der Waals surface area contributed by atoms with Crippen molar-refractivity contribution in [2.75, 3.05) is 33.2 Å². The van der Waals surface area contributed by atoms with Crippen LogP contribution in [0, 0.1) is 0 Å². The first-order valence-corrected chi connectivity index (χ1v) is 5.29. The fourth-order valence-electron chi connectivity index (χ4n) is 1.85. The molecule has 0 unspecified atom stereocenters. The molecule has 0 bridgehead atoms. The van der Waals surface area contributed by atoms with Gasteiger partial charge < -0.3 is 4.90 Å². The summed E-state index contributed by atoms with van der Waals surface area (Å²) in [6.07, 6.45) is 0. The van der Waals surface area contributed by atoms with E-state index in [0.29, 0.717) is 0 Å². The minimum Gasteiger partial charge on any atom is -0.304 e. The Kier molecular flexibility index (Phi) is 5.09. The molecule has 1 saturated heterocycles. The van der Waals surface area contributed by atoms with E-state index in [4.69, 9.17) is 0 Å². The summed E-state index contributed by atoms with van der Waals surface area (Å²) in [5.41, 5.74) is 1.43. The lowest BCUT2D eigenvalue weighted by Gasteiger charge is -2.32. The molecule has 0 N–H and O–H groups in total. The Balaban J connectivity index is 0.00000112. The molecular weight excluding hydrogens is 208 g/mol. The molecule has 0 aromatic heterocycles. The van der Waals surface area contributed by atoms with Gasteiger partial charge in [0.25, 0.3) is 0 Å². The fraction of sp³-hybridized carbons (Fsp3) is 0.500. The van der Waals surface area contributed by atoms with E-state index >= 15 is 0 Å². The van der Waals surface area contributed by atoms with Crippen LogP contribution in [-0.2, 0) is 6.54 Å². The number of benzene rings is 1. The highest BCUT2D eigenvalue weighted by molar-refractivity contribution is 5.85. The van der Waals surface area contributed by atoms with Crippen LogP contribution in [0.5, 0.6) is 0 Å². The van der Waals surface area contributed by atoms with Gasteiger partial charge in [0, 0.05) is 32.7 Å². The van der Waals surface area contributed by atoms with Gasteiger partial charge in [-0.1, -0.05) is 30.3 Å². The summed E-state index contributed by atoms with van der Waals surface area (Å²) in [6, 6.07) is 10.7. The van der Waals surface area contributed by atoms with E-state index in [1.807, 2.05) is 0 Å². The predicted octanol–water partition coefficient (Wildman–Crippen LogP) is 1.86. The summed E-state index contributed by atoms with van der Waals surface area (Å²) >= 11 is 0. The maximum Gasteiger partial charge on any atom is 0.0234 e. The van der Waals surface area contributed by atoms with Gasteiger partial charge in [-0.05, 0) is 12.6 Å². The molecule has 1 fully saturated rings. The molecule has 0 atom stereocenters. The van der Waals surface area contributed by atoms with E-state index in [-0.39, 0.29) is 12.4 Å². The van der Waals surface area contributed by atoms with Crippen molar-refractivity contribution in [3.05, 3.63) is 35.9 Å². The van der Waals surface area contributed by atoms with Gasteiger partial charge in [-0.15, -0.1) is 12.4 Å². The molecule has 0 spiro atoms. The van der Waals surface area contributed by atoms with Crippen molar-refractivity contribution >= 4 is 12.4 Å². The Morgan fingerprint density at radius 1 is 1.00 bits per heavy atom. The van der Waals surface area contributed by atoms with Gasteiger partial charge in [0.05, 0.1) is 0 Å². The van der Waals surface area contributed by atoms with Gasteiger partial charge in [-0.2, -0.15) is 0 Å². The van der Waals surface area contributed by atoms with E-state index in [1.54, 1.807) is 0 Å². The average Bonchev–Trinajstić information content (AvgIpc) is 2.23. The van der Waals surface area contributed by atoms with Gasteiger partial charge >= 0.3 is 0 Å². The Morgan fingerprint density at radius 2 is 1.60 bits per heavy atom. The summed E-state index contributed by atoms with van der Waals surface area (Å²) in [5.74, 6) is 0. The molecule has 0 amide bonds. The van der Waals surface area contributed by atoms with Crippen LogP contribution in [0.15, 0.2) is 30.3 Å². The minimum atomic E-state index is 0. The Morgan fingerprint density at radius 3 is 2.20 bits per heavy atom. The predicted molar refractivity (Wildman–Crippen MR) is 66.5 cm³/mol. The quantitative estimate of drug-likeness (QED) is 0.760. The first kappa shape index (κ1) is 12.5. The van der Waals surface area contributed by atoms with Crippen molar-refractivity contribution in [1.82, 2.24) is 9.80 Å². The fourth-order valence-corrected chi connectivity index (χ4v) is 1.85. The average molecular weight is 227 g/mol. The molecule has 1 aliphatic rings. The highest BCUT2D eigenvalue weighted by Gasteiger charge is 2.13. The second-order valence-electron chi connectivity index (χ2n) is 4.07. The number of hydrogen-bond donors (Lipinski definition) is 0. The molecule has 3 heteroatoms. The van der Waals surface area contributed by atoms with Crippen LogP contribution in [0.2, 0.25) is 0 Å². The van der Waals surface area contributed by atoms with Crippen molar-refractivity contribution in [2.24, 2.45) is 0 Å². The molecule has 84 valence electrons. The molecule has 0 saturated carbocycles. The van der Waals surface area contributed by atoms with Crippen LogP contribution in [-0.4, -0.2) is 43.0 Å². The number of halogens is 1. The molecule has 2 nitrogen and oxygen atoms in total. The topological polar surface area (TPSA) is 6.48 Å². The number of rotatable bonds is 2. The van der Waals surface area contributed by atoms with Crippen molar-refractivity contribution in [1.29, 1.82) is 0 Å². The smallest absolute Gasteiger partial charge is 0.0234 e. The highest BCUT2D eigenvalue weighted by atomic mass is 35.5. The lowest BCUT2D eigenvalue weighted by Crippen LogP contribution is -2.43. The molecular formula is C12H19ClN2. The first-order chi connectivity index (χ1) is 6.84. The monoisotopic (exact) mass is 226 g/mol. The second-order valence-corrected chi connectivity index (χ2v) is 4.07. The molecule has 1 heterocycles. The van der Waals surface area contributed by atoms with Crippen molar-refractivity contribution in [3.63, 3.8) is 0 Å². The number of nitrogens with zero attached hydrogens (tertiary/aromatic N) is 2. The highest BCUT2D eigenvalue weighted by Crippen LogP contribution is 2.06. The molecule has 1 aromatic rings. The van der Waals surface area contributed by atoms with Crippen molar-refractivity contribution < 1.29 is 0 Å². The normalized spacial score (nSPS) is 18.5. The van der Waals surface area contributed by atoms with Crippen LogP contribution in [0.4, 0.5) is 0 Å². The molecule has 15 heavy (non-hydrogen) atoms. The number of likely N-dealkylation sites (N-methyl/N-ethyl adjacent to an activating group) is 1. The van der Waals surface area contributed by atoms with Crippen molar-refractivity contribution in [3.8, 4) is 0 Å². The van der Waals surface area contributed by atoms with Crippen LogP contribution in [0.25, 0.3) is 0 Å². The SMILES string of the molecule is CN1CCN(Cc2ccccc2)CC1.Cl. The zero-order chi connectivity index (χ0) is 9.80. The van der Waals surface area contributed by atoms with Gasteiger partial charge in [0.1, 0.15) is 0 Å². The van der Waals surface area contributed by atoms with Crippen LogP contribution < -0.4 is 0 Å². The summed E-state index contributed by atoms with van der Waals surface area (Å²) in [4.78, 5) is 4.91. The Labute approximate surface area is 98.3 Å². The molecule has 0 aliphatic carbocycles. The zero-order valence-electron chi connectivity index (χ0n) is 9.22. The molecule has 0 radical (unpaired) electrons. The maximum atomic E-state index is 2.52. The number of piperazine rings is 1. The summed E-state index contributed by atoms with van der Waals surface area (Å²) in [5, 5.41) is 0. The number of hydrogen-bond acceptors (Lipinski definition) is 2. The van der Waals surface area contributed by atoms with Gasteiger partial charge in [0.2, 0.25) is 0 Å². The van der Waals surface area contributed by atoms with Gasteiger partial charge in [0.15, 0.2) is 0 Å². The molecule has 2 rings (SSSR count). The standard InChI is InChI=1S/C12H18N2.ClH/c1-13-7-9-14(10-8-13)11-12-5-3-2-4-6-12;/h2-6H,7-11H2,1H3;1H. The summed E-state index contributed by atoms with van der Waals surface area (Å²) < 4.78 is 0. The van der Waals surface area contributed by atoms with Gasteiger partial charge in [-0.3, -0.25) is 4.90 Å². The minimum absolute atomic E-state index is 0. The van der Waals surface area contributed by atoms with Crippen LogP contribution in [0.1, 0.15) is 5.56 Å². The van der Waals surface area contributed by atoms with E-state index in [0.717, 1.165) is 6.54 Å². The van der Waals surface area contributed by atoms with Crippen LogP contribution in [0.3, 0.4) is 0 Å². The first-order valence-electron chi connectivity index (χ1n) is 5.29. The zero-order valence-corrected chi connectivity index (χ0v) is 10.0. The second kappa shape index (κ2) is 6.11. The summed E-state index contributed by atoms with van der Waals surface area (Å²) in [7, 11) is 2.19. The summed E-state index contributed by atoms with van der Waals surface area (Å²) in [6.45, 7) is 5.91. The lowest BCUT2D eigenvalue weighted by molar-refractivity contribution is 0.148. The third-order valence-electron chi connectivity index (χ3n) is 2.84. The molecule has 1 aliphatic heterocycles. The third-order valence-corrected chi connectivity index (χ3v) is 2.84. The molecule has 1 aromatic carbocycles. The van der Waals surface area contributed by atoms with Crippen LogP contribution >= 0.6 is 12.4 Å². The van der Waals surface area contributed by atoms with Crippen molar-refractivity contribution in [2.45, 2.75) is 6.54 Å². The maximum absolute atomic E-state index is 2.52. The van der Waals surface area contributed by atoms with E-state index in [2.05, 4.69) is 47.2 Å². The van der Waals surface area contributed by atoms with E-state index < -0.39 is 0 Å². The largest absolute Gasteiger partial charge is 0.304 e. The Bertz CT molecular complexity index is 268. The third kappa shape index (κ3) is 3.82. The van der Waals surface area contributed by atoms with Gasteiger partial charge in [-0.25, -0.2) is 0 Å². The van der Waals surface area contributed by atoms with E-state index in [9.17, 15) is 0 Å². The van der Waals surface area contributed by atoms with E-state index in [1.165, 1.54) is 31.7 Å².